The Morgan fingerprint density at radius 3 is 1.60 bits per heavy atom. The van der Waals surface area contributed by atoms with E-state index >= 15 is 0 Å². The SMILES string of the molecule is c1ccc(-c2ccc3cc(-c4ccc5ccc(N(c6ccc7ccccc7c6)c6cccc7sc8ccccc8c67)cc5c4)ccc3c2)cc1. The number of hydrogen-bond acceptors (Lipinski definition) is 2. The van der Waals surface area contributed by atoms with Gasteiger partial charge in [-0.2, -0.15) is 0 Å². The molecule has 9 aromatic carbocycles. The van der Waals surface area contributed by atoms with E-state index in [-0.39, 0.29) is 0 Å². The second-order valence-corrected chi connectivity index (χ2v) is 14.1. The maximum absolute atomic E-state index is 2.44. The van der Waals surface area contributed by atoms with Gasteiger partial charge in [-0.3, -0.25) is 0 Å². The first-order chi connectivity index (χ1) is 24.7. The molecule has 0 aliphatic heterocycles. The highest BCUT2D eigenvalue weighted by Crippen LogP contribution is 2.45. The minimum absolute atomic E-state index is 1.14. The molecule has 0 aliphatic carbocycles. The lowest BCUT2D eigenvalue weighted by Gasteiger charge is -2.27. The van der Waals surface area contributed by atoms with E-state index in [2.05, 4.69) is 193 Å². The Kier molecular flexibility index (Phi) is 6.75. The van der Waals surface area contributed by atoms with Crippen LogP contribution in [0.2, 0.25) is 0 Å². The summed E-state index contributed by atoms with van der Waals surface area (Å²) in [5.41, 5.74) is 8.39. The molecular formula is C48H31NS. The molecule has 0 saturated carbocycles. The van der Waals surface area contributed by atoms with E-state index in [1.165, 1.54) is 80.4 Å². The van der Waals surface area contributed by atoms with Crippen molar-refractivity contribution in [1.29, 1.82) is 0 Å². The Hall–Kier alpha value is -6.22. The van der Waals surface area contributed by atoms with E-state index in [1.807, 2.05) is 11.3 Å². The highest BCUT2D eigenvalue weighted by atomic mass is 32.1. The van der Waals surface area contributed by atoms with E-state index in [4.69, 9.17) is 0 Å². The zero-order valence-corrected chi connectivity index (χ0v) is 28.1. The normalized spacial score (nSPS) is 11.6. The first kappa shape index (κ1) is 28.8. The third-order valence-electron chi connectivity index (χ3n) is 9.98. The molecule has 10 rings (SSSR count). The maximum Gasteiger partial charge on any atom is 0.0554 e. The maximum atomic E-state index is 2.44. The van der Waals surface area contributed by atoms with Gasteiger partial charge in [0.15, 0.2) is 0 Å². The molecule has 234 valence electrons. The van der Waals surface area contributed by atoms with Crippen molar-refractivity contribution in [3.8, 4) is 22.3 Å². The molecule has 0 amide bonds. The van der Waals surface area contributed by atoms with E-state index in [9.17, 15) is 0 Å². The number of anilines is 3. The van der Waals surface area contributed by atoms with Gasteiger partial charge in [0.1, 0.15) is 0 Å². The summed E-state index contributed by atoms with van der Waals surface area (Å²) < 4.78 is 2.60. The molecule has 0 bridgehead atoms. The van der Waals surface area contributed by atoms with Crippen LogP contribution in [-0.2, 0) is 0 Å². The van der Waals surface area contributed by atoms with Gasteiger partial charge in [0.05, 0.1) is 5.69 Å². The summed E-state index contributed by atoms with van der Waals surface area (Å²) in [6.45, 7) is 0. The van der Waals surface area contributed by atoms with Gasteiger partial charge in [-0.1, -0.05) is 127 Å². The monoisotopic (exact) mass is 653 g/mol. The van der Waals surface area contributed by atoms with Crippen molar-refractivity contribution in [2.45, 2.75) is 0 Å². The molecule has 1 aromatic heterocycles. The smallest absolute Gasteiger partial charge is 0.0554 e. The van der Waals surface area contributed by atoms with Gasteiger partial charge >= 0.3 is 0 Å². The molecule has 0 fully saturated rings. The summed E-state index contributed by atoms with van der Waals surface area (Å²) in [5, 5.41) is 9.99. The van der Waals surface area contributed by atoms with Crippen molar-refractivity contribution in [2.24, 2.45) is 0 Å². The van der Waals surface area contributed by atoms with Crippen LogP contribution in [0.4, 0.5) is 17.1 Å². The number of thiophene rings is 1. The van der Waals surface area contributed by atoms with E-state index in [0.717, 1.165) is 11.4 Å². The Bertz CT molecular complexity index is 2880. The summed E-state index contributed by atoms with van der Waals surface area (Å²) in [4.78, 5) is 2.44. The molecule has 0 spiro atoms. The van der Waals surface area contributed by atoms with Crippen molar-refractivity contribution in [3.05, 3.63) is 188 Å². The fourth-order valence-electron chi connectivity index (χ4n) is 7.47. The zero-order valence-electron chi connectivity index (χ0n) is 27.3. The standard InChI is InChI=1S/C48H31NS/c1-2-9-32(10-3-1)36-19-20-38-28-39(22-21-37(38)27-36)40-18-17-34-24-26-43(31-41(34)29-40)49(42-25-23-33-11-4-5-12-35(33)30-42)45-14-8-16-47-48(45)44-13-6-7-15-46(44)50-47/h1-31H. The third-order valence-corrected chi connectivity index (χ3v) is 11.1. The molecule has 10 aromatic rings. The van der Waals surface area contributed by atoms with Crippen LogP contribution in [0.25, 0.3) is 74.7 Å². The number of rotatable bonds is 5. The minimum Gasteiger partial charge on any atom is -0.310 e. The lowest BCUT2D eigenvalue weighted by Crippen LogP contribution is -2.10. The van der Waals surface area contributed by atoms with Crippen LogP contribution in [0.15, 0.2) is 188 Å². The lowest BCUT2D eigenvalue weighted by atomic mass is 9.96. The van der Waals surface area contributed by atoms with E-state index in [0.29, 0.717) is 0 Å². The van der Waals surface area contributed by atoms with Gasteiger partial charge in [0.25, 0.3) is 0 Å². The van der Waals surface area contributed by atoms with Crippen LogP contribution >= 0.6 is 11.3 Å². The average molecular weight is 654 g/mol. The first-order valence-electron chi connectivity index (χ1n) is 17.1. The topological polar surface area (TPSA) is 3.24 Å². The lowest BCUT2D eigenvalue weighted by molar-refractivity contribution is 1.31. The van der Waals surface area contributed by atoms with Crippen LogP contribution in [0, 0.1) is 0 Å². The van der Waals surface area contributed by atoms with Crippen LogP contribution in [-0.4, -0.2) is 0 Å². The molecule has 1 nitrogen and oxygen atoms in total. The van der Waals surface area contributed by atoms with Gasteiger partial charge in [0, 0.05) is 31.5 Å². The molecule has 2 heteroatoms. The molecule has 0 saturated heterocycles. The Morgan fingerprint density at radius 2 is 0.840 bits per heavy atom. The molecule has 0 atom stereocenters. The second-order valence-electron chi connectivity index (χ2n) is 13.0. The molecule has 0 aliphatic rings. The van der Waals surface area contributed by atoms with Gasteiger partial charge in [-0.05, 0) is 115 Å². The number of hydrogen-bond donors (Lipinski definition) is 0. The van der Waals surface area contributed by atoms with Gasteiger partial charge in [-0.25, -0.2) is 0 Å². The van der Waals surface area contributed by atoms with Crippen molar-refractivity contribution in [1.82, 2.24) is 0 Å². The number of nitrogens with zero attached hydrogens (tertiary/aromatic N) is 1. The van der Waals surface area contributed by atoms with Crippen molar-refractivity contribution in [2.75, 3.05) is 4.90 Å². The molecular weight excluding hydrogens is 623 g/mol. The van der Waals surface area contributed by atoms with Crippen molar-refractivity contribution in [3.63, 3.8) is 0 Å². The highest BCUT2D eigenvalue weighted by Gasteiger charge is 2.19. The molecule has 0 unspecified atom stereocenters. The number of benzene rings is 9. The van der Waals surface area contributed by atoms with Crippen molar-refractivity contribution >= 4 is 80.9 Å². The summed E-state index contributed by atoms with van der Waals surface area (Å²) in [6.07, 6.45) is 0. The van der Waals surface area contributed by atoms with Crippen molar-refractivity contribution < 1.29 is 0 Å². The quantitative estimate of drug-likeness (QED) is 0.179. The Balaban J connectivity index is 1.12. The number of fused-ring (bicyclic) bond motifs is 6. The third kappa shape index (κ3) is 4.92. The van der Waals surface area contributed by atoms with Gasteiger partial charge in [0.2, 0.25) is 0 Å². The minimum atomic E-state index is 1.14. The summed E-state index contributed by atoms with van der Waals surface area (Å²) in [6, 6.07) is 68.9. The summed E-state index contributed by atoms with van der Waals surface area (Å²) in [5.74, 6) is 0. The highest BCUT2D eigenvalue weighted by molar-refractivity contribution is 7.26. The Morgan fingerprint density at radius 1 is 0.320 bits per heavy atom. The summed E-state index contributed by atoms with van der Waals surface area (Å²) >= 11 is 1.86. The van der Waals surface area contributed by atoms with Gasteiger partial charge < -0.3 is 4.90 Å². The van der Waals surface area contributed by atoms with Crippen LogP contribution in [0.1, 0.15) is 0 Å². The molecule has 50 heavy (non-hydrogen) atoms. The van der Waals surface area contributed by atoms with Gasteiger partial charge in [-0.15, -0.1) is 11.3 Å². The largest absolute Gasteiger partial charge is 0.310 e. The van der Waals surface area contributed by atoms with E-state index < -0.39 is 0 Å². The second kappa shape index (κ2) is 11.7. The van der Waals surface area contributed by atoms with Crippen LogP contribution < -0.4 is 4.90 Å². The summed E-state index contributed by atoms with van der Waals surface area (Å²) in [7, 11) is 0. The fraction of sp³-hybridized carbons (Fsp3) is 0. The predicted molar refractivity (Wildman–Crippen MR) is 217 cm³/mol. The Labute approximate surface area is 294 Å². The average Bonchev–Trinajstić information content (AvgIpc) is 3.57. The van der Waals surface area contributed by atoms with E-state index in [1.54, 1.807) is 0 Å². The fourth-order valence-corrected chi connectivity index (χ4v) is 8.60. The predicted octanol–water partition coefficient (Wildman–Crippen LogP) is 14.3. The molecule has 0 N–H and O–H groups in total. The molecule has 1 heterocycles. The van der Waals surface area contributed by atoms with Crippen LogP contribution in [0.3, 0.4) is 0 Å². The first-order valence-corrected chi connectivity index (χ1v) is 17.9. The molecule has 0 radical (unpaired) electrons. The zero-order chi connectivity index (χ0) is 33.0. The van der Waals surface area contributed by atoms with Crippen LogP contribution in [0.5, 0.6) is 0 Å².